The number of hydrogen-bond donors (Lipinski definition) is 0. The molecule has 1 aromatic rings. The van der Waals surface area contributed by atoms with E-state index in [2.05, 4.69) is 36.5 Å². The summed E-state index contributed by atoms with van der Waals surface area (Å²) in [7, 11) is 1.18. The van der Waals surface area contributed by atoms with Crippen LogP contribution >= 0.6 is 11.8 Å². The van der Waals surface area contributed by atoms with E-state index in [-0.39, 0.29) is 16.0 Å². The smallest absolute Gasteiger partial charge is 0.325 e. The standard InChI is InChI=1S/C22H25FN2O4S/c1-6-7-25-17-10-16(23)14(8-15(17)13(2)11-22(25,3)4)9-18-20(27)24(21(28)30-18)12-19(26)29-5/h8-11H,6-7,12H2,1-5H3/b18-9-. The molecule has 6 nitrogen and oxygen atoms in total. The predicted octanol–water partition coefficient (Wildman–Crippen LogP) is 4.45. The molecule has 0 radical (unpaired) electrons. The van der Waals surface area contributed by atoms with Crippen molar-refractivity contribution in [3.8, 4) is 0 Å². The molecule has 0 N–H and O–H groups in total. The summed E-state index contributed by atoms with van der Waals surface area (Å²) in [6.07, 6.45) is 4.44. The summed E-state index contributed by atoms with van der Waals surface area (Å²) in [5, 5.41) is -0.582. The van der Waals surface area contributed by atoms with Gasteiger partial charge in [0.1, 0.15) is 12.4 Å². The van der Waals surface area contributed by atoms with Gasteiger partial charge < -0.3 is 9.64 Å². The van der Waals surface area contributed by atoms with Crippen molar-refractivity contribution in [3.05, 3.63) is 40.1 Å². The second-order valence-electron chi connectivity index (χ2n) is 7.87. The molecule has 0 saturated carbocycles. The number of nitrogens with zero attached hydrogens (tertiary/aromatic N) is 2. The van der Waals surface area contributed by atoms with Gasteiger partial charge in [0.15, 0.2) is 0 Å². The number of benzene rings is 1. The highest BCUT2D eigenvalue weighted by Crippen LogP contribution is 2.41. The summed E-state index contributed by atoms with van der Waals surface area (Å²) in [5.41, 5.74) is 2.72. The molecule has 0 aromatic heterocycles. The minimum atomic E-state index is -0.696. The first-order valence-electron chi connectivity index (χ1n) is 9.72. The lowest BCUT2D eigenvalue weighted by molar-refractivity contribution is -0.143. The second-order valence-corrected chi connectivity index (χ2v) is 8.86. The quantitative estimate of drug-likeness (QED) is 0.506. The topological polar surface area (TPSA) is 66.9 Å². The summed E-state index contributed by atoms with van der Waals surface area (Å²) < 4.78 is 19.5. The second kappa shape index (κ2) is 8.26. The number of imide groups is 1. The lowest BCUT2D eigenvalue weighted by atomic mass is 9.87. The molecule has 160 valence electrons. The fourth-order valence-electron chi connectivity index (χ4n) is 3.83. The van der Waals surface area contributed by atoms with Gasteiger partial charge in [0, 0.05) is 23.4 Å². The molecule has 0 spiro atoms. The van der Waals surface area contributed by atoms with Crippen LogP contribution in [0.4, 0.5) is 14.9 Å². The molecule has 0 atom stereocenters. The highest BCUT2D eigenvalue weighted by atomic mass is 32.2. The first kappa shape index (κ1) is 22.1. The molecule has 1 fully saturated rings. The maximum absolute atomic E-state index is 15.0. The molecule has 30 heavy (non-hydrogen) atoms. The molecular weight excluding hydrogens is 407 g/mol. The van der Waals surface area contributed by atoms with Crippen molar-refractivity contribution in [2.75, 3.05) is 25.1 Å². The van der Waals surface area contributed by atoms with Crippen molar-refractivity contribution >= 4 is 46.2 Å². The van der Waals surface area contributed by atoms with Crippen LogP contribution in [0.2, 0.25) is 0 Å². The van der Waals surface area contributed by atoms with Gasteiger partial charge in [0.25, 0.3) is 11.1 Å². The van der Waals surface area contributed by atoms with Crippen LogP contribution < -0.4 is 4.90 Å². The third-order valence-corrected chi connectivity index (χ3v) is 6.13. The largest absolute Gasteiger partial charge is 0.468 e. The molecule has 3 rings (SSSR count). The Morgan fingerprint density at radius 3 is 2.63 bits per heavy atom. The van der Waals surface area contributed by atoms with Gasteiger partial charge >= 0.3 is 5.97 Å². The van der Waals surface area contributed by atoms with Crippen LogP contribution in [-0.2, 0) is 14.3 Å². The summed E-state index contributed by atoms with van der Waals surface area (Å²) in [5.74, 6) is -1.80. The lowest BCUT2D eigenvalue weighted by Gasteiger charge is -2.43. The highest BCUT2D eigenvalue weighted by Gasteiger charge is 2.37. The van der Waals surface area contributed by atoms with E-state index in [0.29, 0.717) is 11.8 Å². The first-order valence-corrected chi connectivity index (χ1v) is 10.5. The Kier molecular flexibility index (Phi) is 6.08. The SMILES string of the molecule is CCCN1c2cc(F)c(/C=C3\SC(=O)N(CC(=O)OC)C3=O)cc2C(C)=CC1(C)C. The Hall–Kier alpha value is -2.61. The van der Waals surface area contributed by atoms with Crippen LogP contribution in [0.25, 0.3) is 11.6 Å². The van der Waals surface area contributed by atoms with Crippen LogP contribution in [0.5, 0.6) is 0 Å². The Morgan fingerprint density at radius 2 is 2.00 bits per heavy atom. The Morgan fingerprint density at radius 1 is 1.30 bits per heavy atom. The number of carbonyl (C=O) groups excluding carboxylic acids is 3. The third-order valence-electron chi connectivity index (χ3n) is 5.22. The molecule has 1 saturated heterocycles. The fraction of sp³-hybridized carbons (Fsp3) is 0.409. The maximum atomic E-state index is 15.0. The van der Waals surface area contributed by atoms with Crippen molar-refractivity contribution < 1.29 is 23.5 Å². The van der Waals surface area contributed by atoms with Crippen molar-refractivity contribution in [2.45, 2.75) is 39.7 Å². The van der Waals surface area contributed by atoms with Crippen LogP contribution in [0.15, 0.2) is 23.1 Å². The molecule has 8 heteroatoms. The monoisotopic (exact) mass is 432 g/mol. The van der Waals surface area contributed by atoms with E-state index in [1.807, 2.05) is 6.92 Å². The number of rotatable bonds is 5. The molecular formula is C22H25FN2O4S. The summed E-state index contributed by atoms with van der Waals surface area (Å²) in [6, 6.07) is 3.20. The van der Waals surface area contributed by atoms with E-state index in [1.165, 1.54) is 19.3 Å². The van der Waals surface area contributed by atoms with Gasteiger partial charge in [0.05, 0.1) is 17.6 Å². The molecule has 0 bridgehead atoms. The highest BCUT2D eigenvalue weighted by molar-refractivity contribution is 8.18. The molecule has 2 amide bonds. The van der Waals surface area contributed by atoms with E-state index in [9.17, 15) is 14.4 Å². The normalized spacial score (nSPS) is 19.3. The number of fused-ring (bicyclic) bond motifs is 1. The number of allylic oxidation sites excluding steroid dienone is 1. The summed E-state index contributed by atoms with van der Waals surface area (Å²) >= 11 is 0.683. The van der Waals surface area contributed by atoms with Gasteiger partial charge in [-0.15, -0.1) is 0 Å². The lowest BCUT2D eigenvalue weighted by Crippen LogP contribution is -2.45. The maximum Gasteiger partial charge on any atom is 0.325 e. The number of carbonyl (C=O) groups is 3. The van der Waals surface area contributed by atoms with E-state index in [4.69, 9.17) is 0 Å². The van der Waals surface area contributed by atoms with Gasteiger partial charge in [-0.1, -0.05) is 13.0 Å². The third kappa shape index (κ3) is 4.01. The van der Waals surface area contributed by atoms with Crippen LogP contribution in [0.1, 0.15) is 45.2 Å². The van der Waals surface area contributed by atoms with Gasteiger partial charge in [-0.3, -0.25) is 19.3 Å². The van der Waals surface area contributed by atoms with Gasteiger partial charge in [0.2, 0.25) is 0 Å². The number of esters is 1. The minimum absolute atomic E-state index is 0.0749. The van der Waals surface area contributed by atoms with Crippen LogP contribution in [-0.4, -0.2) is 47.8 Å². The average molecular weight is 433 g/mol. The molecule has 0 unspecified atom stereocenters. The van der Waals surface area contributed by atoms with Crippen molar-refractivity contribution in [3.63, 3.8) is 0 Å². The minimum Gasteiger partial charge on any atom is -0.468 e. The van der Waals surface area contributed by atoms with Crippen molar-refractivity contribution in [2.24, 2.45) is 0 Å². The number of thioether (sulfide) groups is 1. The Labute approximate surface area is 179 Å². The van der Waals surface area contributed by atoms with E-state index < -0.39 is 29.5 Å². The summed E-state index contributed by atoms with van der Waals surface area (Å²) in [4.78, 5) is 39.1. The zero-order valence-electron chi connectivity index (χ0n) is 17.7. The zero-order chi connectivity index (χ0) is 22.2. The Balaban J connectivity index is 2.00. The number of anilines is 1. The van der Waals surface area contributed by atoms with Gasteiger partial charge in [-0.05, 0) is 62.7 Å². The van der Waals surface area contributed by atoms with E-state index in [1.54, 1.807) is 6.07 Å². The van der Waals surface area contributed by atoms with Crippen LogP contribution in [0, 0.1) is 5.82 Å². The number of halogens is 1. The number of ether oxygens (including phenoxy) is 1. The number of hydrogen-bond acceptors (Lipinski definition) is 6. The fourth-order valence-corrected chi connectivity index (χ4v) is 4.66. The van der Waals surface area contributed by atoms with Crippen LogP contribution in [0.3, 0.4) is 0 Å². The number of amides is 2. The molecule has 0 aliphatic carbocycles. The zero-order valence-corrected chi connectivity index (χ0v) is 18.6. The van der Waals surface area contributed by atoms with Crippen molar-refractivity contribution in [1.82, 2.24) is 4.90 Å². The average Bonchev–Trinajstić information content (AvgIpc) is 2.93. The van der Waals surface area contributed by atoms with E-state index >= 15 is 4.39 Å². The molecule has 2 aliphatic rings. The van der Waals surface area contributed by atoms with Gasteiger partial charge in [-0.2, -0.15) is 0 Å². The van der Waals surface area contributed by atoms with Gasteiger partial charge in [-0.25, -0.2) is 4.39 Å². The molecule has 1 aromatic carbocycles. The van der Waals surface area contributed by atoms with E-state index in [0.717, 1.165) is 34.7 Å². The summed E-state index contributed by atoms with van der Waals surface area (Å²) in [6.45, 7) is 8.57. The van der Waals surface area contributed by atoms with Crippen molar-refractivity contribution in [1.29, 1.82) is 0 Å². The molecule has 2 heterocycles. The molecule has 2 aliphatic heterocycles. The predicted molar refractivity (Wildman–Crippen MR) is 116 cm³/mol. The Bertz CT molecular complexity index is 984. The number of methoxy groups -OCH3 is 1. The first-order chi connectivity index (χ1) is 14.1.